The van der Waals surface area contributed by atoms with Crippen molar-refractivity contribution in [3.8, 4) is 0 Å². The number of aryl methyl sites for hydroxylation is 1. The summed E-state index contributed by atoms with van der Waals surface area (Å²) in [6.07, 6.45) is 4.68. The van der Waals surface area contributed by atoms with Crippen LogP contribution in [0.5, 0.6) is 0 Å². The summed E-state index contributed by atoms with van der Waals surface area (Å²) < 4.78 is 10.4. The molecule has 3 heteroatoms. The molecule has 1 rings (SSSR count). The minimum absolute atomic E-state index is 0.295. The van der Waals surface area contributed by atoms with Gasteiger partial charge in [0.05, 0.1) is 6.26 Å². The van der Waals surface area contributed by atoms with E-state index in [4.69, 9.17) is 9.15 Å². The third kappa shape index (κ3) is 3.62. The van der Waals surface area contributed by atoms with E-state index in [0.29, 0.717) is 6.42 Å². The van der Waals surface area contributed by atoms with E-state index in [1.807, 2.05) is 19.1 Å². The number of carbonyl (C=O) groups is 1. The lowest BCUT2D eigenvalue weighted by Crippen LogP contribution is -2.28. The molecular weight excluding hydrogens is 192 g/mol. The van der Waals surface area contributed by atoms with Gasteiger partial charge in [-0.25, -0.2) is 0 Å². The molecule has 0 saturated carbocycles. The Labute approximate surface area is 89.7 Å². The molecule has 0 aromatic carbocycles. The molecule has 0 radical (unpaired) electrons. The van der Waals surface area contributed by atoms with Gasteiger partial charge in [-0.1, -0.05) is 6.58 Å². The molecule has 0 aliphatic rings. The smallest absolute Gasteiger partial charge is 0.303 e. The second-order valence-corrected chi connectivity index (χ2v) is 3.69. The maximum atomic E-state index is 10.9. The van der Waals surface area contributed by atoms with Crippen LogP contribution in [0.25, 0.3) is 0 Å². The number of hydrogen-bond acceptors (Lipinski definition) is 3. The van der Waals surface area contributed by atoms with Gasteiger partial charge in [-0.05, 0) is 31.6 Å². The van der Waals surface area contributed by atoms with Crippen LogP contribution in [0, 0.1) is 0 Å². The molecule has 1 heterocycles. The van der Waals surface area contributed by atoms with E-state index >= 15 is 0 Å². The molecule has 0 N–H and O–H groups in total. The van der Waals surface area contributed by atoms with E-state index in [9.17, 15) is 4.79 Å². The van der Waals surface area contributed by atoms with Crippen molar-refractivity contribution in [2.45, 2.75) is 32.3 Å². The van der Waals surface area contributed by atoms with Crippen LogP contribution >= 0.6 is 0 Å². The van der Waals surface area contributed by atoms with Gasteiger partial charge in [-0.15, -0.1) is 0 Å². The van der Waals surface area contributed by atoms with E-state index in [2.05, 4.69) is 6.58 Å². The monoisotopic (exact) mass is 208 g/mol. The van der Waals surface area contributed by atoms with Crippen LogP contribution in [0.1, 0.15) is 26.0 Å². The van der Waals surface area contributed by atoms with Crippen molar-refractivity contribution in [2.75, 3.05) is 0 Å². The molecule has 0 aliphatic carbocycles. The maximum Gasteiger partial charge on any atom is 0.303 e. The third-order valence-corrected chi connectivity index (χ3v) is 2.26. The molecule has 0 amide bonds. The second-order valence-electron chi connectivity index (χ2n) is 3.69. The van der Waals surface area contributed by atoms with E-state index in [-0.39, 0.29) is 5.97 Å². The molecule has 15 heavy (non-hydrogen) atoms. The summed E-state index contributed by atoms with van der Waals surface area (Å²) in [5, 5.41) is 0. The van der Waals surface area contributed by atoms with Gasteiger partial charge in [0.25, 0.3) is 0 Å². The van der Waals surface area contributed by atoms with Crippen molar-refractivity contribution in [2.24, 2.45) is 0 Å². The van der Waals surface area contributed by atoms with Crippen molar-refractivity contribution >= 4 is 5.97 Å². The van der Waals surface area contributed by atoms with Gasteiger partial charge in [-0.2, -0.15) is 0 Å². The van der Waals surface area contributed by atoms with Crippen LogP contribution in [-0.4, -0.2) is 11.6 Å². The Hall–Kier alpha value is -1.51. The lowest BCUT2D eigenvalue weighted by molar-refractivity contribution is -0.151. The van der Waals surface area contributed by atoms with E-state index in [0.717, 1.165) is 12.2 Å². The average Bonchev–Trinajstić information content (AvgIpc) is 2.66. The fourth-order valence-corrected chi connectivity index (χ4v) is 1.35. The Morgan fingerprint density at radius 2 is 2.47 bits per heavy atom. The highest BCUT2D eigenvalue weighted by Crippen LogP contribution is 2.20. The lowest BCUT2D eigenvalue weighted by atomic mass is 9.99. The standard InChI is InChI=1S/C12H16O3/c1-4-12(3,15-10(2)13)8-7-11-6-5-9-14-11/h4-6,9H,1,7-8H2,2-3H3. The average molecular weight is 208 g/mol. The van der Waals surface area contributed by atoms with Crippen molar-refractivity contribution in [1.82, 2.24) is 0 Å². The Morgan fingerprint density at radius 1 is 1.73 bits per heavy atom. The van der Waals surface area contributed by atoms with Crippen molar-refractivity contribution in [1.29, 1.82) is 0 Å². The zero-order valence-corrected chi connectivity index (χ0v) is 9.16. The fourth-order valence-electron chi connectivity index (χ4n) is 1.35. The Kier molecular flexibility index (Phi) is 3.72. The van der Waals surface area contributed by atoms with Gasteiger partial charge >= 0.3 is 5.97 Å². The highest BCUT2D eigenvalue weighted by Gasteiger charge is 2.23. The van der Waals surface area contributed by atoms with Crippen LogP contribution in [0.2, 0.25) is 0 Å². The van der Waals surface area contributed by atoms with E-state index in [1.165, 1.54) is 6.92 Å². The summed E-state index contributed by atoms with van der Waals surface area (Å²) in [5.74, 6) is 0.590. The SMILES string of the molecule is C=CC(C)(CCc1ccco1)OC(C)=O. The van der Waals surface area contributed by atoms with Gasteiger partial charge in [0.15, 0.2) is 0 Å². The molecule has 0 bridgehead atoms. The molecule has 0 saturated heterocycles. The Morgan fingerprint density at radius 3 is 2.93 bits per heavy atom. The van der Waals surface area contributed by atoms with Crippen molar-refractivity contribution in [3.05, 3.63) is 36.8 Å². The number of carbonyl (C=O) groups excluding carboxylic acids is 1. The topological polar surface area (TPSA) is 39.4 Å². The van der Waals surface area contributed by atoms with Crippen LogP contribution in [0.4, 0.5) is 0 Å². The second kappa shape index (κ2) is 4.82. The molecule has 3 nitrogen and oxygen atoms in total. The summed E-state index contributed by atoms with van der Waals surface area (Å²) in [6, 6.07) is 3.74. The normalized spacial score (nSPS) is 14.3. The Balaban J connectivity index is 2.53. The number of rotatable bonds is 5. The maximum absolute atomic E-state index is 10.9. The zero-order valence-electron chi connectivity index (χ0n) is 9.16. The summed E-state index contributed by atoms with van der Waals surface area (Å²) in [7, 11) is 0. The first-order valence-corrected chi connectivity index (χ1v) is 4.91. The fraction of sp³-hybridized carbons (Fsp3) is 0.417. The first kappa shape index (κ1) is 11.6. The van der Waals surface area contributed by atoms with Gasteiger partial charge in [-0.3, -0.25) is 4.79 Å². The molecule has 0 fully saturated rings. The molecule has 0 spiro atoms. The molecule has 1 atom stereocenters. The minimum atomic E-state index is -0.612. The molecule has 0 aliphatic heterocycles. The van der Waals surface area contributed by atoms with E-state index in [1.54, 1.807) is 12.3 Å². The number of hydrogen-bond donors (Lipinski definition) is 0. The molecular formula is C12H16O3. The number of furan rings is 1. The largest absolute Gasteiger partial charge is 0.469 e. The van der Waals surface area contributed by atoms with Gasteiger partial charge in [0.2, 0.25) is 0 Å². The van der Waals surface area contributed by atoms with Crippen LogP contribution in [0.15, 0.2) is 35.5 Å². The first-order chi connectivity index (χ1) is 7.06. The van der Waals surface area contributed by atoms with Gasteiger partial charge < -0.3 is 9.15 Å². The zero-order chi connectivity index (χ0) is 11.3. The van der Waals surface area contributed by atoms with E-state index < -0.39 is 5.60 Å². The molecule has 1 unspecified atom stereocenters. The summed E-state index contributed by atoms with van der Waals surface area (Å²) >= 11 is 0. The quantitative estimate of drug-likeness (QED) is 0.551. The van der Waals surface area contributed by atoms with Gasteiger partial charge in [0, 0.05) is 13.3 Å². The Bertz CT molecular complexity index is 327. The van der Waals surface area contributed by atoms with Crippen molar-refractivity contribution < 1.29 is 13.9 Å². The minimum Gasteiger partial charge on any atom is -0.469 e. The van der Waals surface area contributed by atoms with Gasteiger partial charge in [0.1, 0.15) is 11.4 Å². The number of ether oxygens (including phenoxy) is 1. The van der Waals surface area contributed by atoms with Crippen LogP contribution in [0.3, 0.4) is 0 Å². The molecule has 1 aromatic heterocycles. The highest BCUT2D eigenvalue weighted by molar-refractivity contribution is 5.66. The van der Waals surface area contributed by atoms with Crippen LogP contribution in [-0.2, 0) is 16.0 Å². The predicted molar refractivity (Wildman–Crippen MR) is 57.4 cm³/mol. The summed E-state index contributed by atoms with van der Waals surface area (Å²) in [5.41, 5.74) is -0.612. The van der Waals surface area contributed by atoms with Crippen molar-refractivity contribution in [3.63, 3.8) is 0 Å². The molecule has 82 valence electrons. The summed E-state index contributed by atoms with van der Waals surface area (Å²) in [4.78, 5) is 10.9. The number of esters is 1. The third-order valence-electron chi connectivity index (χ3n) is 2.26. The highest BCUT2D eigenvalue weighted by atomic mass is 16.6. The van der Waals surface area contributed by atoms with Crippen LogP contribution < -0.4 is 0 Å². The predicted octanol–water partition coefficient (Wildman–Crippen LogP) is 2.72. The summed E-state index contributed by atoms with van der Waals surface area (Å²) in [6.45, 7) is 6.91. The lowest BCUT2D eigenvalue weighted by Gasteiger charge is -2.24. The molecule has 1 aromatic rings. The first-order valence-electron chi connectivity index (χ1n) is 4.91.